The fraction of sp³-hybridized carbons (Fsp3) is 0.250. The minimum atomic E-state index is -0.231. The van der Waals surface area contributed by atoms with Crippen LogP contribution in [0.5, 0.6) is 0 Å². The first kappa shape index (κ1) is 10.8. The predicted molar refractivity (Wildman–Crippen MR) is 61.2 cm³/mol. The Morgan fingerprint density at radius 1 is 1.44 bits per heavy atom. The standard InChI is InChI=1S/C12H14FN3/c1-14-6-5-12-15-7-8-16(12)11-4-2-3-10(13)9-11/h2-4,7-9,14H,5-6H2,1H3. The van der Waals surface area contributed by atoms with Gasteiger partial charge in [0, 0.05) is 31.0 Å². The minimum Gasteiger partial charge on any atom is -0.319 e. The summed E-state index contributed by atoms with van der Waals surface area (Å²) in [4.78, 5) is 4.26. The van der Waals surface area contributed by atoms with Crippen LogP contribution >= 0.6 is 0 Å². The van der Waals surface area contributed by atoms with Gasteiger partial charge in [-0.25, -0.2) is 9.37 Å². The molecule has 2 aromatic rings. The molecule has 0 amide bonds. The molecule has 3 nitrogen and oxygen atoms in total. The SMILES string of the molecule is CNCCc1nccn1-c1cccc(F)c1. The Kier molecular flexibility index (Phi) is 3.31. The fourth-order valence-electron chi connectivity index (χ4n) is 1.62. The molecule has 0 fully saturated rings. The summed E-state index contributed by atoms with van der Waals surface area (Å²) < 4.78 is 15.0. The molecule has 0 aliphatic rings. The van der Waals surface area contributed by atoms with E-state index in [1.165, 1.54) is 12.1 Å². The zero-order chi connectivity index (χ0) is 11.4. The monoisotopic (exact) mass is 219 g/mol. The molecule has 0 saturated heterocycles. The largest absolute Gasteiger partial charge is 0.319 e. The van der Waals surface area contributed by atoms with Gasteiger partial charge in [0.2, 0.25) is 0 Å². The maximum Gasteiger partial charge on any atom is 0.125 e. The molecule has 16 heavy (non-hydrogen) atoms. The van der Waals surface area contributed by atoms with Gasteiger partial charge in [0.15, 0.2) is 0 Å². The van der Waals surface area contributed by atoms with Gasteiger partial charge in [-0.2, -0.15) is 0 Å². The van der Waals surface area contributed by atoms with Crippen molar-refractivity contribution in [2.24, 2.45) is 0 Å². The van der Waals surface area contributed by atoms with Crippen LogP contribution in [0.15, 0.2) is 36.7 Å². The van der Waals surface area contributed by atoms with Crippen molar-refractivity contribution in [1.82, 2.24) is 14.9 Å². The Hall–Kier alpha value is -1.68. The van der Waals surface area contributed by atoms with Crippen LogP contribution < -0.4 is 5.32 Å². The van der Waals surface area contributed by atoms with E-state index in [1.807, 2.05) is 23.9 Å². The van der Waals surface area contributed by atoms with Crippen LogP contribution in [-0.4, -0.2) is 23.1 Å². The molecule has 1 heterocycles. The van der Waals surface area contributed by atoms with E-state index < -0.39 is 0 Å². The van der Waals surface area contributed by atoms with E-state index in [-0.39, 0.29) is 5.82 Å². The molecule has 0 radical (unpaired) electrons. The average molecular weight is 219 g/mol. The second-order valence-corrected chi connectivity index (χ2v) is 3.55. The molecule has 0 bridgehead atoms. The highest BCUT2D eigenvalue weighted by atomic mass is 19.1. The van der Waals surface area contributed by atoms with Crippen LogP contribution in [-0.2, 0) is 6.42 Å². The van der Waals surface area contributed by atoms with Crippen LogP contribution in [0.2, 0.25) is 0 Å². The Bertz CT molecular complexity index is 465. The molecule has 0 aliphatic heterocycles. The molecule has 0 atom stereocenters. The molecule has 0 aliphatic carbocycles. The highest BCUT2D eigenvalue weighted by molar-refractivity contribution is 5.33. The number of hydrogen-bond acceptors (Lipinski definition) is 2. The van der Waals surface area contributed by atoms with Crippen LogP contribution in [0.4, 0.5) is 4.39 Å². The molecular formula is C12H14FN3. The quantitative estimate of drug-likeness (QED) is 0.849. The summed E-state index contributed by atoms with van der Waals surface area (Å²) in [7, 11) is 1.90. The van der Waals surface area contributed by atoms with Gasteiger partial charge >= 0.3 is 0 Å². The molecule has 84 valence electrons. The van der Waals surface area contributed by atoms with Crippen molar-refractivity contribution in [1.29, 1.82) is 0 Å². The smallest absolute Gasteiger partial charge is 0.125 e. The summed E-state index contributed by atoms with van der Waals surface area (Å²) in [6.07, 6.45) is 4.40. The number of likely N-dealkylation sites (N-methyl/N-ethyl adjacent to an activating group) is 1. The zero-order valence-corrected chi connectivity index (χ0v) is 9.15. The third kappa shape index (κ3) is 2.28. The first-order valence-corrected chi connectivity index (χ1v) is 5.24. The maximum absolute atomic E-state index is 13.1. The Labute approximate surface area is 93.9 Å². The number of imidazole rings is 1. The highest BCUT2D eigenvalue weighted by Gasteiger charge is 2.04. The van der Waals surface area contributed by atoms with E-state index in [0.717, 1.165) is 24.5 Å². The van der Waals surface area contributed by atoms with Gasteiger partial charge < -0.3 is 9.88 Å². The van der Waals surface area contributed by atoms with Crippen molar-refractivity contribution >= 4 is 0 Å². The van der Waals surface area contributed by atoms with Gasteiger partial charge in [0.25, 0.3) is 0 Å². The van der Waals surface area contributed by atoms with E-state index in [1.54, 1.807) is 12.3 Å². The van der Waals surface area contributed by atoms with E-state index in [9.17, 15) is 4.39 Å². The van der Waals surface area contributed by atoms with Gasteiger partial charge in [-0.3, -0.25) is 0 Å². The number of hydrogen-bond donors (Lipinski definition) is 1. The van der Waals surface area contributed by atoms with E-state index >= 15 is 0 Å². The van der Waals surface area contributed by atoms with Gasteiger partial charge in [0.1, 0.15) is 11.6 Å². The maximum atomic E-state index is 13.1. The molecule has 4 heteroatoms. The summed E-state index contributed by atoms with van der Waals surface area (Å²) in [5.41, 5.74) is 0.809. The summed E-state index contributed by atoms with van der Waals surface area (Å²) in [6.45, 7) is 0.854. The van der Waals surface area contributed by atoms with Gasteiger partial charge in [-0.05, 0) is 25.2 Å². The van der Waals surface area contributed by atoms with Crippen LogP contribution in [0.25, 0.3) is 5.69 Å². The van der Waals surface area contributed by atoms with Crippen molar-refractivity contribution in [3.05, 3.63) is 48.3 Å². The molecular weight excluding hydrogens is 205 g/mol. The topological polar surface area (TPSA) is 29.9 Å². The molecule has 0 saturated carbocycles. The highest BCUT2D eigenvalue weighted by Crippen LogP contribution is 2.12. The van der Waals surface area contributed by atoms with Crippen molar-refractivity contribution in [2.75, 3.05) is 13.6 Å². The lowest BCUT2D eigenvalue weighted by Gasteiger charge is -2.07. The molecule has 1 N–H and O–H groups in total. The van der Waals surface area contributed by atoms with Crippen molar-refractivity contribution < 1.29 is 4.39 Å². The lowest BCUT2D eigenvalue weighted by molar-refractivity contribution is 0.626. The first-order chi connectivity index (χ1) is 7.81. The molecule has 2 rings (SSSR count). The fourth-order valence-corrected chi connectivity index (χ4v) is 1.62. The first-order valence-electron chi connectivity index (χ1n) is 5.24. The second-order valence-electron chi connectivity index (χ2n) is 3.55. The van der Waals surface area contributed by atoms with Gasteiger partial charge in [-0.1, -0.05) is 6.07 Å². The Balaban J connectivity index is 2.29. The van der Waals surface area contributed by atoms with Crippen LogP contribution in [0.3, 0.4) is 0 Å². The summed E-state index contributed by atoms with van der Waals surface area (Å²) in [5.74, 6) is 0.700. The van der Waals surface area contributed by atoms with E-state index in [4.69, 9.17) is 0 Å². The molecule has 1 aromatic heterocycles. The summed E-state index contributed by atoms with van der Waals surface area (Å²) in [5, 5.41) is 3.07. The molecule has 0 spiro atoms. The third-order valence-corrected chi connectivity index (χ3v) is 2.40. The van der Waals surface area contributed by atoms with Gasteiger partial charge in [0.05, 0.1) is 0 Å². The number of rotatable bonds is 4. The minimum absolute atomic E-state index is 0.231. The summed E-state index contributed by atoms with van der Waals surface area (Å²) in [6, 6.07) is 6.51. The number of nitrogens with one attached hydrogen (secondary N) is 1. The molecule has 1 aromatic carbocycles. The van der Waals surface area contributed by atoms with E-state index in [2.05, 4.69) is 10.3 Å². The number of nitrogens with zero attached hydrogens (tertiary/aromatic N) is 2. The Morgan fingerprint density at radius 3 is 3.06 bits per heavy atom. The number of halogens is 1. The number of aromatic nitrogens is 2. The number of benzene rings is 1. The second kappa shape index (κ2) is 4.90. The zero-order valence-electron chi connectivity index (χ0n) is 9.15. The normalized spacial score (nSPS) is 10.6. The van der Waals surface area contributed by atoms with Crippen LogP contribution in [0.1, 0.15) is 5.82 Å². The van der Waals surface area contributed by atoms with Crippen molar-refractivity contribution in [2.45, 2.75) is 6.42 Å². The average Bonchev–Trinajstić information content (AvgIpc) is 2.74. The van der Waals surface area contributed by atoms with E-state index in [0.29, 0.717) is 0 Å². The van der Waals surface area contributed by atoms with Crippen molar-refractivity contribution in [3.8, 4) is 5.69 Å². The van der Waals surface area contributed by atoms with Gasteiger partial charge in [-0.15, -0.1) is 0 Å². The molecule has 0 unspecified atom stereocenters. The Morgan fingerprint density at radius 2 is 2.31 bits per heavy atom. The summed E-state index contributed by atoms with van der Waals surface area (Å²) >= 11 is 0. The van der Waals surface area contributed by atoms with Crippen LogP contribution in [0, 0.1) is 5.82 Å². The third-order valence-electron chi connectivity index (χ3n) is 2.40. The lowest BCUT2D eigenvalue weighted by atomic mass is 10.3. The lowest BCUT2D eigenvalue weighted by Crippen LogP contribution is -2.13. The predicted octanol–water partition coefficient (Wildman–Crippen LogP) is 1.77. The van der Waals surface area contributed by atoms with Crippen molar-refractivity contribution in [3.63, 3.8) is 0 Å².